The third-order valence-electron chi connectivity index (χ3n) is 3.45. The highest BCUT2D eigenvalue weighted by molar-refractivity contribution is 6.02. The number of hydrogen-bond donors (Lipinski definition) is 2. The van der Waals surface area contributed by atoms with E-state index in [1.807, 2.05) is 34.7 Å². The van der Waals surface area contributed by atoms with E-state index in [9.17, 15) is 4.79 Å². The summed E-state index contributed by atoms with van der Waals surface area (Å²) < 4.78 is 7.09. The standard InChI is InChI=1S/C14H11N7O2/c1-23-9-4-2-8-3-5-12-15-10(7-21(12)11(8)6-9)13(22)16-14-17-19-20-18-14/h2-7H,1H3,(H2,16,17,18,19,20,22). The fourth-order valence-corrected chi connectivity index (χ4v) is 2.36. The Labute approximate surface area is 129 Å². The Balaban J connectivity index is 1.80. The molecular formula is C14H11N7O2. The summed E-state index contributed by atoms with van der Waals surface area (Å²) in [6, 6.07) is 9.52. The highest BCUT2D eigenvalue weighted by Gasteiger charge is 2.14. The Morgan fingerprint density at radius 1 is 1.30 bits per heavy atom. The molecule has 4 rings (SSSR count). The molecule has 9 heteroatoms. The molecule has 9 nitrogen and oxygen atoms in total. The van der Waals surface area contributed by atoms with E-state index in [1.54, 1.807) is 13.3 Å². The first kappa shape index (κ1) is 13.2. The minimum Gasteiger partial charge on any atom is -0.497 e. The molecule has 114 valence electrons. The van der Waals surface area contributed by atoms with E-state index >= 15 is 0 Å². The summed E-state index contributed by atoms with van der Waals surface area (Å²) >= 11 is 0. The number of amides is 1. The lowest BCUT2D eigenvalue weighted by Gasteiger charge is -2.04. The fourth-order valence-electron chi connectivity index (χ4n) is 2.36. The number of carbonyl (C=O) groups is 1. The van der Waals surface area contributed by atoms with E-state index in [-0.39, 0.29) is 11.6 Å². The van der Waals surface area contributed by atoms with Crippen LogP contribution >= 0.6 is 0 Å². The minimum absolute atomic E-state index is 0.0959. The summed E-state index contributed by atoms with van der Waals surface area (Å²) in [5.74, 6) is 0.418. The van der Waals surface area contributed by atoms with Gasteiger partial charge in [-0.1, -0.05) is 5.10 Å². The molecule has 0 saturated carbocycles. The molecule has 0 atom stereocenters. The van der Waals surface area contributed by atoms with Gasteiger partial charge >= 0.3 is 0 Å². The molecule has 0 fully saturated rings. The van der Waals surface area contributed by atoms with Crippen molar-refractivity contribution in [3.63, 3.8) is 0 Å². The summed E-state index contributed by atoms with van der Waals surface area (Å²) in [5, 5.41) is 16.5. The maximum absolute atomic E-state index is 12.2. The average Bonchev–Trinajstić information content (AvgIpc) is 3.23. The van der Waals surface area contributed by atoms with Crippen LogP contribution in [0.25, 0.3) is 16.6 Å². The van der Waals surface area contributed by atoms with Gasteiger partial charge in [0.25, 0.3) is 11.9 Å². The second-order valence-corrected chi connectivity index (χ2v) is 4.80. The first-order valence-electron chi connectivity index (χ1n) is 6.75. The van der Waals surface area contributed by atoms with E-state index < -0.39 is 5.91 Å². The van der Waals surface area contributed by atoms with E-state index in [0.717, 1.165) is 16.7 Å². The van der Waals surface area contributed by atoms with Crippen molar-refractivity contribution in [2.45, 2.75) is 0 Å². The number of fused-ring (bicyclic) bond motifs is 3. The third-order valence-corrected chi connectivity index (χ3v) is 3.45. The highest BCUT2D eigenvalue weighted by Crippen LogP contribution is 2.22. The van der Waals surface area contributed by atoms with Crippen LogP contribution in [-0.2, 0) is 0 Å². The molecular weight excluding hydrogens is 298 g/mol. The zero-order chi connectivity index (χ0) is 15.8. The van der Waals surface area contributed by atoms with Crippen molar-refractivity contribution < 1.29 is 9.53 Å². The summed E-state index contributed by atoms with van der Waals surface area (Å²) in [7, 11) is 1.61. The van der Waals surface area contributed by atoms with Crippen LogP contribution in [0.3, 0.4) is 0 Å². The van der Waals surface area contributed by atoms with Gasteiger partial charge in [0.05, 0.1) is 12.6 Å². The molecule has 23 heavy (non-hydrogen) atoms. The predicted octanol–water partition coefficient (Wildman–Crippen LogP) is 1.26. The zero-order valence-electron chi connectivity index (χ0n) is 12.0. The van der Waals surface area contributed by atoms with E-state index in [4.69, 9.17) is 4.74 Å². The molecule has 3 aromatic heterocycles. The van der Waals surface area contributed by atoms with Crippen molar-refractivity contribution in [2.24, 2.45) is 0 Å². The quantitative estimate of drug-likeness (QED) is 0.589. The number of ether oxygens (including phenoxy) is 1. The lowest BCUT2D eigenvalue weighted by molar-refractivity contribution is 0.102. The number of carbonyl (C=O) groups excluding carboxylic acids is 1. The van der Waals surface area contributed by atoms with Gasteiger partial charge < -0.3 is 4.74 Å². The average molecular weight is 309 g/mol. The second kappa shape index (κ2) is 5.05. The zero-order valence-corrected chi connectivity index (χ0v) is 12.0. The molecule has 1 aromatic carbocycles. The van der Waals surface area contributed by atoms with Gasteiger partial charge in [0.1, 0.15) is 17.1 Å². The maximum Gasteiger partial charge on any atom is 0.278 e. The monoisotopic (exact) mass is 309 g/mol. The van der Waals surface area contributed by atoms with Gasteiger partial charge in [0.2, 0.25) is 0 Å². The summed E-state index contributed by atoms with van der Waals surface area (Å²) in [4.78, 5) is 16.5. The Bertz CT molecular complexity index is 1010. The van der Waals surface area contributed by atoms with Gasteiger partial charge in [-0.25, -0.2) is 4.98 Å². The number of rotatable bonds is 3. The molecule has 0 radical (unpaired) electrons. The van der Waals surface area contributed by atoms with Crippen LogP contribution in [-0.4, -0.2) is 43.0 Å². The SMILES string of the molecule is COc1ccc2ccc3nc(C(=O)Nc4nn[nH]n4)cn3c2c1. The van der Waals surface area contributed by atoms with Gasteiger partial charge in [0, 0.05) is 12.3 Å². The Kier molecular flexibility index (Phi) is 2.90. The number of aromatic nitrogens is 6. The fraction of sp³-hybridized carbons (Fsp3) is 0.0714. The molecule has 4 aromatic rings. The summed E-state index contributed by atoms with van der Waals surface area (Å²) in [5.41, 5.74) is 1.81. The topological polar surface area (TPSA) is 110 Å². The number of pyridine rings is 1. The minimum atomic E-state index is -0.411. The van der Waals surface area contributed by atoms with Gasteiger partial charge in [0.15, 0.2) is 0 Å². The molecule has 2 N–H and O–H groups in total. The summed E-state index contributed by atoms with van der Waals surface area (Å²) in [6.07, 6.45) is 1.66. The van der Waals surface area contributed by atoms with Crippen LogP contribution in [0.4, 0.5) is 5.95 Å². The number of H-pyrrole nitrogens is 1. The number of nitrogens with zero attached hydrogens (tertiary/aromatic N) is 5. The molecule has 0 aliphatic carbocycles. The van der Waals surface area contributed by atoms with Crippen LogP contribution in [0.2, 0.25) is 0 Å². The number of anilines is 1. The highest BCUT2D eigenvalue weighted by atomic mass is 16.5. The van der Waals surface area contributed by atoms with Crippen LogP contribution in [0.1, 0.15) is 10.5 Å². The van der Waals surface area contributed by atoms with Crippen molar-refractivity contribution in [1.29, 1.82) is 0 Å². The molecule has 0 spiro atoms. The number of tetrazole rings is 1. The molecule has 1 amide bonds. The van der Waals surface area contributed by atoms with E-state index in [2.05, 4.69) is 30.9 Å². The van der Waals surface area contributed by atoms with Crippen LogP contribution < -0.4 is 10.1 Å². The van der Waals surface area contributed by atoms with Crippen molar-refractivity contribution in [3.8, 4) is 5.75 Å². The summed E-state index contributed by atoms with van der Waals surface area (Å²) in [6.45, 7) is 0. The molecule has 0 bridgehead atoms. The molecule has 0 aliphatic rings. The maximum atomic E-state index is 12.2. The van der Waals surface area contributed by atoms with Crippen molar-refractivity contribution >= 4 is 28.4 Å². The molecule has 0 saturated heterocycles. The number of benzene rings is 1. The van der Waals surface area contributed by atoms with Crippen LogP contribution in [0.5, 0.6) is 5.75 Å². The third kappa shape index (κ3) is 2.24. The lowest BCUT2D eigenvalue weighted by atomic mass is 10.2. The van der Waals surface area contributed by atoms with E-state index in [1.165, 1.54) is 0 Å². The lowest BCUT2D eigenvalue weighted by Crippen LogP contribution is -2.13. The van der Waals surface area contributed by atoms with E-state index in [0.29, 0.717) is 5.65 Å². The Morgan fingerprint density at radius 3 is 2.96 bits per heavy atom. The molecule has 0 unspecified atom stereocenters. The Morgan fingerprint density at radius 2 is 2.17 bits per heavy atom. The van der Waals surface area contributed by atoms with Crippen molar-refractivity contribution in [1.82, 2.24) is 30.0 Å². The predicted molar refractivity (Wildman–Crippen MR) is 81.4 cm³/mol. The van der Waals surface area contributed by atoms with Crippen molar-refractivity contribution in [2.75, 3.05) is 12.4 Å². The van der Waals surface area contributed by atoms with Crippen LogP contribution in [0, 0.1) is 0 Å². The molecule has 0 aliphatic heterocycles. The number of imidazole rings is 1. The number of methoxy groups -OCH3 is 1. The second-order valence-electron chi connectivity index (χ2n) is 4.80. The smallest absolute Gasteiger partial charge is 0.278 e. The van der Waals surface area contributed by atoms with Gasteiger partial charge in [-0.15, -0.1) is 5.10 Å². The van der Waals surface area contributed by atoms with Gasteiger partial charge in [-0.2, -0.15) is 5.21 Å². The van der Waals surface area contributed by atoms with Crippen molar-refractivity contribution in [3.05, 3.63) is 42.2 Å². The largest absolute Gasteiger partial charge is 0.497 e. The van der Waals surface area contributed by atoms with Gasteiger partial charge in [-0.3, -0.25) is 14.5 Å². The first-order chi connectivity index (χ1) is 11.2. The molecule has 3 heterocycles. The first-order valence-corrected chi connectivity index (χ1v) is 6.75. The number of hydrogen-bond acceptors (Lipinski definition) is 6. The Hall–Kier alpha value is -3.49. The number of aromatic amines is 1. The van der Waals surface area contributed by atoms with Crippen LogP contribution in [0.15, 0.2) is 36.5 Å². The number of nitrogens with one attached hydrogen (secondary N) is 2. The normalized spacial score (nSPS) is 11.0. The van der Waals surface area contributed by atoms with Gasteiger partial charge in [-0.05, 0) is 34.9 Å².